The summed E-state index contributed by atoms with van der Waals surface area (Å²) in [6.07, 6.45) is 2.17. The van der Waals surface area contributed by atoms with Crippen LogP contribution in [0.5, 0.6) is 0 Å². The van der Waals surface area contributed by atoms with E-state index in [0.29, 0.717) is 19.1 Å². The largest absolute Gasteiger partial charge is 0.395 e. The zero-order valence-electron chi connectivity index (χ0n) is 12.5. The van der Waals surface area contributed by atoms with Crippen LogP contribution in [0.15, 0.2) is 30.3 Å². The van der Waals surface area contributed by atoms with Gasteiger partial charge in [-0.1, -0.05) is 30.3 Å². The van der Waals surface area contributed by atoms with Gasteiger partial charge in [-0.3, -0.25) is 4.90 Å². The first-order chi connectivity index (χ1) is 9.76. The van der Waals surface area contributed by atoms with Crippen molar-refractivity contribution in [2.75, 3.05) is 32.8 Å². The molecular weight excluding hydrogens is 252 g/mol. The number of hydrogen-bond acceptors (Lipinski definition) is 4. The molecule has 0 aliphatic rings. The van der Waals surface area contributed by atoms with Gasteiger partial charge in [0.1, 0.15) is 0 Å². The molecule has 0 aliphatic heterocycles. The lowest BCUT2D eigenvalue weighted by atomic mass is 10.1. The van der Waals surface area contributed by atoms with Gasteiger partial charge in [0.25, 0.3) is 0 Å². The van der Waals surface area contributed by atoms with Crippen LogP contribution < -0.4 is 5.32 Å². The first-order valence-electron chi connectivity index (χ1n) is 7.47. The highest BCUT2D eigenvalue weighted by atomic mass is 16.3. The fourth-order valence-corrected chi connectivity index (χ4v) is 2.23. The van der Waals surface area contributed by atoms with Crippen LogP contribution in [0.2, 0.25) is 0 Å². The van der Waals surface area contributed by atoms with E-state index in [-0.39, 0.29) is 13.2 Å². The van der Waals surface area contributed by atoms with E-state index in [1.54, 1.807) is 0 Å². The molecule has 1 aromatic rings. The maximum Gasteiger partial charge on any atom is 0.0558 e. The molecule has 0 spiro atoms. The number of nitrogens with one attached hydrogen (secondary N) is 1. The van der Waals surface area contributed by atoms with Crippen molar-refractivity contribution < 1.29 is 10.2 Å². The molecule has 0 aromatic heterocycles. The molecule has 0 saturated heterocycles. The molecule has 1 atom stereocenters. The van der Waals surface area contributed by atoms with E-state index in [9.17, 15) is 0 Å². The Labute approximate surface area is 122 Å². The van der Waals surface area contributed by atoms with E-state index in [1.807, 2.05) is 6.07 Å². The second kappa shape index (κ2) is 10.8. The van der Waals surface area contributed by atoms with Crippen LogP contribution >= 0.6 is 0 Å². The predicted octanol–water partition coefficient (Wildman–Crippen LogP) is 1.23. The standard InChI is InChI=1S/C16H28N2O2/c1-15(17-14-16-7-3-2-4-8-16)6-5-9-18(10-12-19)11-13-20/h2-4,7-8,15,17,19-20H,5-6,9-14H2,1H3. The lowest BCUT2D eigenvalue weighted by Gasteiger charge is -2.21. The first kappa shape index (κ1) is 17.1. The van der Waals surface area contributed by atoms with Crippen molar-refractivity contribution in [3.63, 3.8) is 0 Å². The van der Waals surface area contributed by atoms with Gasteiger partial charge in [0.05, 0.1) is 13.2 Å². The molecule has 0 saturated carbocycles. The minimum absolute atomic E-state index is 0.155. The normalized spacial score (nSPS) is 12.8. The predicted molar refractivity (Wildman–Crippen MR) is 82.6 cm³/mol. The van der Waals surface area contributed by atoms with Crippen LogP contribution in [-0.4, -0.2) is 54.0 Å². The number of benzene rings is 1. The van der Waals surface area contributed by atoms with Crippen LogP contribution in [-0.2, 0) is 6.54 Å². The average Bonchev–Trinajstić information content (AvgIpc) is 2.47. The van der Waals surface area contributed by atoms with Crippen LogP contribution in [0.3, 0.4) is 0 Å². The Morgan fingerprint density at radius 3 is 2.30 bits per heavy atom. The SMILES string of the molecule is CC(CCCN(CCO)CCO)NCc1ccccc1. The molecule has 0 heterocycles. The summed E-state index contributed by atoms with van der Waals surface area (Å²) in [4.78, 5) is 2.10. The Hall–Kier alpha value is -0.940. The third kappa shape index (κ3) is 7.60. The highest BCUT2D eigenvalue weighted by molar-refractivity contribution is 5.14. The van der Waals surface area contributed by atoms with E-state index in [4.69, 9.17) is 10.2 Å². The number of aliphatic hydroxyl groups is 2. The molecule has 114 valence electrons. The van der Waals surface area contributed by atoms with Crippen LogP contribution in [0, 0.1) is 0 Å². The Morgan fingerprint density at radius 1 is 1.05 bits per heavy atom. The second-order valence-corrected chi connectivity index (χ2v) is 5.20. The van der Waals surface area contributed by atoms with E-state index in [2.05, 4.69) is 41.4 Å². The molecule has 4 heteroatoms. The summed E-state index contributed by atoms with van der Waals surface area (Å²) < 4.78 is 0. The molecule has 0 radical (unpaired) electrons. The smallest absolute Gasteiger partial charge is 0.0558 e. The fraction of sp³-hybridized carbons (Fsp3) is 0.625. The lowest BCUT2D eigenvalue weighted by Crippen LogP contribution is -2.32. The number of nitrogens with zero attached hydrogens (tertiary/aromatic N) is 1. The Bertz CT molecular complexity index is 327. The first-order valence-corrected chi connectivity index (χ1v) is 7.47. The molecule has 4 nitrogen and oxygen atoms in total. The number of hydrogen-bond donors (Lipinski definition) is 3. The monoisotopic (exact) mass is 280 g/mol. The van der Waals surface area contributed by atoms with Crippen molar-refractivity contribution in [3.05, 3.63) is 35.9 Å². The van der Waals surface area contributed by atoms with Crippen molar-refractivity contribution in [2.24, 2.45) is 0 Å². The van der Waals surface area contributed by atoms with E-state index in [0.717, 1.165) is 25.9 Å². The third-order valence-corrected chi connectivity index (χ3v) is 3.44. The summed E-state index contributed by atoms with van der Waals surface area (Å²) in [6, 6.07) is 10.9. The topological polar surface area (TPSA) is 55.7 Å². The molecule has 3 N–H and O–H groups in total. The van der Waals surface area contributed by atoms with Crippen molar-refractivity contribution in [2.45, 2.75) is 32.4 Å². The number of rotatable bonds is 11. The molecular formula is C16H28N2O2. The summed E-state index contributed by atoms with van der Waals surface area (Å²) >= 11 is 0. The molecule has 0 fully saturated rings. The van der Waals surface area contributed by atoms with Crippen LogP contribution in [0.4, 0.5) is 0 Å². The third-order valence-electron chi connectivity index (χ3n) is 3.44. The minimum Gasteiger partial charge on any atom is -0.395 e. The fourth-order valence-electron chi connectivity index (χ4n) is 2.23. The summed E-state index contributed by atoms with van der Waals surface area (Å²) in [5.74, 6) is 0. The van der Waals surface area contributed by atoms with Gasteiger partial charge >= 0.3 is 0 Å². The molecule has 1 unspecified atom stereocenters. The summed E-state index contributed by atoms with van der Waals surface area (Å²) in [6.45, 7) is 5.63. The summed E-state index contributed by atoms with van der Waals surface area (Å²) in [7, 11) is 0. The highest BCUT2D eigenvalue weighted by Gasteiger charge is 2.06. The van der Waals surface area contributed by atoms with Gasteiger partial charge in [-0.25, -0.2) is 0 Å². The van der Waals surface area contributed by atoms with Crippen LogP contribution in [0.1, 0.15) is 25.3 Å². The lowest BCUT2D eigenvalue weighted by molar-refractivity contribution is 0.158. The van der Waals surface area contributed by atoms with Crippen molar-refractivity contribution in [3.8, 4) is 0 Å². The van der Waals surface area contributed by atoms with Gasteiger partial charge in [0.2, 0.25) is 0 Å². The molecule has 0 amide bonds. The van der Waals surface area contributed by atoms with Crippen LogP contribution in [0.25, 0.3) is 0 Å². The van der Waals surface area contributed by atoms with E-state index >= 15 is 0 Å². The average molecular weight is 280 g/mol. The minimum atomic E-state index is 0.155. The highest BCUT2D eigenvalue weighted by Crippen LogP contribution is 2.02. The molecule has 0 aliphatic carbocycles. The molecule has 0 bridgehead atoms. The molecule has 20 heavy (non-hydrogen) atoms. The summed E-state index contributed by atoms with van der Waals surface area (Å²) in [5, 5.41) is 21.4. The second-order valence-electron chi connectivity index (χ2n) is 5.20. The van der Waals surface area contributed by atoms with E-state index < -0.39 is 0 Å². The van der Waals surface area contributed by atoms with Gasteiger partial charge in [-0.2, -0.15) is 0 Å². The summed E-state index contributed by atoms with van der Waals surface area (Å²) in [5.41, 5.74) is 1.31. The molecule has 1 rings (SSSR count). The Balaban J connectivity index is 2.14. The van der Waals surface area contributed by atoms with Gasteiger partial charge < -0.3 is 15.5 Å². The van der Waals surface area contributed by atoms with Gasteiger partial charge in [0.15, 0.2) is 0 Å². The molecule has 1 aromatic carbocycles. The zero-order valence-corrected chi connectivity index (χ0v) is 12.5. The van der Waals surface area contributed by atoms with Gasteiger partial charge in [0, 0.05) is 25.7 Å². The van der Waals surface area contributed by atoms with E-state index in [1.165, 1.54) is 5.56 Å². The van der Waals surface area contributed by atoms with Crippen molar-refractivity contribution in [1.82, 2.24) is 10.2 Å². The van der Waals surface area contributed by atoms with Gasteiger partial charge in [-0.05, 0) is 31.9 Å². The Morgan fingerprint density at radius 2 is 1.70 bits per heavy atom. The maximum absolute atomic E-state index is 8.95. The Kier molecular flexibility index (Phi) is 9.24. The quantitative estimate of drug-likeness (QED) is 0.571. The van der Waals surface area contributed by atoms with Gasteiger partial charge in [-0.15, -0.1) is 0 Å². The maximum atomic E-state index is 8.95. The number of aliphatic hydroxyl groups excluding tert-OH is 2. The van der Waals surface area contributed by atoms with Crippen molar-refractivity contribution >= 4 is 0 Å². The zero-order chi connectivity index (χ0) is 14.6. The van der Waals surface area contributed by atoms with Crippen molar-refractivity contribution in [1.29, 1.82) is 0 Å².